The van der Waals surface area contributed by atoms with Gasteiger partial charge in [0.1, 0.15) is 0 Å². The molecule has 0 bridgehead atoms. The van der Waals surface area contributed by atoms with Crippen molar-refractivity contribution in [2.75, 3.05) is 28.4 Å². The number of benzene rings is 2. The summed E-state index contributed by atoms with van der Waals surface area (Å²) in [5, 5.41) is 0. The van der Waals surface area contributed by atoms with E-state index in [1.165, 1.54) is 8.92 Å². The topological polar surface area (TPSA) is 18.5 Å². The molecule has 0 spiro atoms. The minimum atomic E-state index is 0.635. The Bertz CT molecular complexity index is 366. The first-order valence-corrected chi connectivity index (χ1v) is 12.1. The quantitative estimate of drug-likeness (QED) is 0.722. The van der Waals surface area contributed by atoms with E-state index in [0.717, 1.165) is 0 Å². The number of methoxy groups -OCH3 is 2. The van der Waals surface area contributed by atoms with Crippen LogP contribution in [-0.4, -0.2) is 54.7 Å². The zero-order valence-electron chi connectivity index (χ0n) is 12.4. The standard InChI is InChI=1S/C12H10Se2.2C2H6O/c1-3-7-11(8-4-1)13-14-12-9-5-2-6-10-12;2*1-3-2/h1-10H;2*1-2H3. The van der Waals surface area contributed by atoms with Crippen molar-refractivity contribution >= 4 is 35.2 Å². The molecule has 0 atom stereocenters. The average molecular weight is 404 g/mol. The summed E-state index contributed by atoms with van der Waals surface area (Å²) in [6.45, 7) is 0. The van der Waals surface area contributed by atoms with Gasteiger partial charge in [-0.2, -0.15) is 0 Å². The Morgan fingerprint density at radius 2 is 0.800 bits per heavy atom. The van der Waals surface area contributed by atoms with Crippen LogP contribution in [0.3, 0.4) is 0 Å². The van der Waals surface area contributed by atoms with Crippen LogP contribution < -0.4 is 8.92 Å². The van der Waals surface area contributed by atoms with Crippen molar-refractivity contribution in [2.24, 2.45) is 0 Å². The molecular weight excluding hydrogens is 382 g/mol. The van der Waals surface area contributed by atoms with Crippen molar-refractivity contribution in [3.8, 4) is 0 Å². The van der Waals surface area contributed by atoms with Gasteiger partial charge in [0.25, 0.3) is 0 Å². The maximum absolute atomic E-state index is 4.25. The molecule has 0 aromatic heterocycles. The first kappa shape index (κ1) is 19.4. The van der Waals surface area contributed by atoms with Gasteiger partial charge in [-0.25, -0.2) is 0 Å². The molecule has 0 aliphatic carbocycles. The normalized spacial score (nSPS) is 8.80. The molecule has 4 heteroatoms. The van der Waals surface area contributed by atoms with Gasteiger partial charge in [0.15, 0.2) is 0 Å². The second-order valence-corrected chi connectivity index (χ2v) is 9.92. The number of ether oxygens (including phenoxy) is 2. The molecule has 0 aliphatic heterocycles. The fourth-order valence-electron chi connectivity index (χ4n) is 1.05. The molecule has 0 fully saturated rings. The van der Waals surface area contributed by atoms with Gasteiger partial charge in [-0.15, -0.1) is 0 Å². The number of rotatable bonds is 3. The summed E-state index contributed by atoms with van der Waals surface area (Å²) < 4.78 is 11.5. The Morgan fingerprint density at radius 3 is 1.05 bits per heavy atom. The van der Waals surface area contributed by atoms with Gasteiger partial charge < -0.3 is 9.47 Å². The second-order valence-electron chi connectivity index (χ2n) is 3.61. The molecule has 2 aromatic rings. The molecule has 2 rings (SSSR count). The number of hydrogen-bond donors (Lipinski definition) is 0. The van der Waals surface area contributed by atoms with Crippen molar-refractivity contribution in [3.63, 3.8) is 0 Å². The fourth-order valence-corrected chi connectivity index (χ4v) is 7.10. The molecule has 0 radical (unpaired) electrons. The van der Waals surface area contributed by atoms with E-state index in [9.17, 15) is 0 Å². The van der Waals surface area contributed by atoms with E-state index in [0.29, 0.717) is 26.3 Å². The van der Waals surface area contributed by atoms with Crippen molar-refractivity contribution < 1.29 is 9.47 Å². The third kappa shape index (κ3) is 11.2. The van der Waals surface area contributed by atoms with Gasteiger partial charge in [0.05, 0.1) is 0 Å². The van der Waals surface area contributed by atoms with Gasteiger partial charge >= 0.3 is 95.9 Å². The van der Waals surface area contributed by atoms with E-state index in [-0.39, 0.29) is 0 Å². The molecule has 2 nitrogen and oxygen atoms in total. The summed E-state index contributed by atoms with van der Waals surface area (Å²) >= 11 is 1.27. The van der Waals surface area contributed by atoms with Crippen LogP contribution in [0, 0.1) is 0 Å². The molecule has 110 valence electrons. The van der Waals surface area contributed by atoms with Crippen molar-refractivity contribution in [3.05, 3.63) is 60.7 Å². The van der Waals surface area contributed by atoms with Gasteiger partial charge in [-0.3, -0.25) is 0 Å². The third-order valence-electron chi connectivity index (χ3n) is 1.72. The zero-order chi connectivity index (χ0) is 15.1. The number of hydrogen-bond acceptors (Lipinski definition) is 2. The van der Waals surface area contributed by atoms with Gasteiger partial charge in [-0.05, 0) is 0 Å². The molecule has 0 heterocycles. The van der Waals surface area contributed by atoms with Crippen LogP contribution in [0.1, 0.15) is 0 Å². The Morgan fingerprint density at radius 1 is 0.550 bits per heavy atom. The van der Waals surface area contributed by atoms with E-state index in [4.69, 9.17) is 0 Å². The molecule has 0 saturated carbocycles. The molecule has 2 aromatic carbocycles. The summed E-state index contributed by atoms with van der Waals surface area (Å²) in [5.74, 6) is 0. The SMILES string of the molecule is COC.COC.c1ccc([Se][Se]c2ccccc2)cc1. The van der Waals surface area contributed by atoms with Crippen LogP contribution in [0.4, 0.5) is 0 Å². The predicted molar refractivity (Wildman–Crippen MR) is 89.5 cm³/mol. The van der Waals surface area contributed by atoms with Crippen LogP contribution in [0.2, 0.25) is 0 Å². The maximum atomic E-state index is 4.25. The minimum absolute atomic E-state index is 0.635. The summed E-state index contributed by atoms with van der Waals surface area (Å²) in [4.78, 5) is 0. The zero-order valence-corrected chi connectivity index (χ0v) is 15.8. The molecule has 20 heavy (non-hydrogen) atoms. The molecular formula is C16H22O2Se2. The Hall–Kier alpha value is -0.601. The van der Waals surface area contributed by atoms with Crippen LogP contribution in [0.5, 0.6) is 0 Å². The second kappa shape index (κ2) is 14.8. The summed E-state index contributed by atoms with van der Waals surface area (Å²) in [6, 6.07) is 21.6. The average Bonchev–Trinajstić information content (AvgIpc) is 2.49. The van der Waals surface area contributed by atoms with Crippen LogP contribution in [0.15, 0.2) is 60.7 Å². The summed E-state index contributed by atoms with van der Waals surface area (Å²) in [7, 11) is 6.50. The van der Waals surface area contributed by atoms with Crippen molar-refractivity contribution in [1.82, 2.24) is 0 Å². The van der Waals surface area contributed by atoms with Crippen LogP contribution in [0.25, 0.3) is 0 Å². The first-order valence-electron chi connectivity index (χ1n) is 6.03. The Balaban J connectivity index is 0.000000520. The van der Waals surface area contributed by atoms with Gasteiger partial charge in [0.2, 0.25) is 0 Å². The van der Waals surface area contributed by atoms with E-state index < -0.39 is 0 Å². The molecule has 0 saturated heterocycles. The summed E-state index contributed by atoms with van der Waals surface area (Å²) in [6.07, 6.45) is 0. The van der Waals surface area contributed by atoms with E-state index in [1.807, 2.05) is 0 Å². The molecule has 0 aliphatic rings. The Kier molecular flexibility index (Phi) is 14.4. The predicted octanol–water partition coefficient (Wildman–Crippen LogP) is 1.49. The first-order chi connectivity index (χ1) is 9.78. The molecule has 0 N–H and O–H groups in total. The molecule has 0 unspecified atom stereocenters. The van der Waals surface area contributed by atoms with Crippen LogP contribution in [-0.2, 0) is 9.47 Å². The van der Waals surface area contributed by atoms with E-state index in [1.54, 1.807) is 28.4 Å². The third-order valence-corrected chi connectivity index (χ3v) is 8.95. The van der Waals surface area contributed by atoms with Crippen molar-refractivity contribution in [2.45, 2.75) is 0 Å². The Labute approximate surface area is 133 Å². The van der Waals surface area contributed by atoms with E-state index in [2.05, 4.69) is 70.1 Å². The van der Waals surface area contributed by atoms with Gasteiger partial charge in [0, 0.05) is 28.4 Å². The summed E-state index contributed by atoms with van der Waals surface area (Å²) in [5.41, 5.74) is 0. The fraction of sp³-hybridized carbons (Fsp3) is 0.250. The molecule has 0 amide bonds. The van der Waals surface area contributed by atoms with Gasteiger partial charge in [-0.1, -0.05) is 0 Å². The van der Waals surface area contributed by atoms with Crippen molar-refractivity contribution in [1.29, 1.82) is 0 Å². The monoisotopic (exact) mass is 406 g/mol. The van der Waals surface area contributed by atoms with E-state index >= 15 is 0 Å². The van der Waals surface area contributed by atoms with Crippen LogP contribution >= 0.6 is 0 Å².